The van der Waals surface area contributed by atoms with E-state index in [0.29, 0.717) is 8.95 Å². The molecule has 7 heteroatoms. The molecule has 2 aromatic rings. The third-order valence-electron chi connectivity index (χ3n) is 2.66. The van der Waals surface area contributed by atoms with E-state index in [2.05, 4.69) is 37.2 Å². The molecule has 2 N–H and O–H groups in total. The first-order valence-electron chi connectivity index (χ1n) is 5.68. The number of anilines is 1. The van der Waals surface area contributed by atoms with Crippen molar-refractivity contribution in [3.63, 3.8) is 0 Å². The monoisotopic (exact) mass is 431 g/mol. The molecule has 0 spiro atoms. The van der Waals surface area contributed by atoms with Crippen LogP contribution in [0.2, 0.25) is 5.02 Å². The first-order chi connectivity index (χ1) is 9.90. The number of carbonyl (C=O) groups excluding carboxylic acids is 1. The number of rotatable bonds is 3. The molecule has 0 fully saturated rings. The second kappa shape index (κ2) is 6.60. The molecule has 0 atom stereocenters. The maximum atomic E-state index is 12.2. The predicted octanol–water partition coefficient (Wildman–Crippen LogP) is 4.82. The third kappa shape index (κ3) is 3.64. The van der Waals surface area contributed by atoms with E-state index in [1.807, 2.05) is 0 Å². The van der Waals surface area contributed by atoms with Gasteiger partial charge in [0.1, 0.15) is 0 Å². The van der Waals surface area contributed by atoms with Crippen molar-refractivity contribution in [3.8, 4) is 0 Å². The molecule has 21 heavy (non-hydrogen) atoms. The van der Waals surface area contributed by atoms with Gasteiger partial charge in [0.15, 0.2) is 0 Å². The Morgan fingerprint density at radius 2 is 1.81 bits per heavy atom. The fourth-order valence-electron chi connectivity index (χ4n) is 1.67. The normalized spacial score (nSPS) is 10.2. The number of hydrogen-bond donors (Lipinski definition) is 2. The largest absolute Gasteiger partial charge is 0.478 e. The highest BCUT2D eigenvalue weighted by Gasteiger charge is 2.16. The molecule has 0 heterocycles. The number of aromatic carboxylic acids is 1. The Morgan fingerprint density at radius 3 is 2.48 bits per heavy atom. The van der Waals surface area contributed by atoms with Crippen LogP contribution in [0.4, 0.5) is 5.69 Å². The van der Waals surface area contributed by atoms with E-state index in [1.165, 1.54) is 12.1 Å². The van der Waals surface area contributed by atoms with Crippen LogP contribution in [0.25, 0.3) is 0 Å². The van der Waals surface area contributed by atoms with Gasteiger partial charge in [-0.05, 0) is 46.3 Å². The summed E-state index contributed by atoms with van der Waals surface area (Å²) in [7, 11) is 0. The second-order valence-corrected chi connectivity index (χ2v) is 6.20. The van der Waals surface area contributed by atoms with Gasteiger partial charge in [-0.15, -0.1) is 0 Å². The molecule has 0 aliphatic carbocycles. The van der Waals surface area contributed by atoms with Crippen LogP contribution >= 0.6 is 43.5 Å². The highest BCUT2D eigenvalue weighted by atomic mass is 79.9. The lowest BCUT2D eigenvalue weighted by Gasteiger charge is -2.10. The minimum absolute atomic E-state index is 0.0103. The van der Waals surface area contributed by atoms with Crippen molar-refractivity contribution in [2.75, 3.05) is 5.32 Å². The number of carbonyl (C=O) groups is 2. The molecule has 1 amide bonds. The smallest absolute Gasteiger partial charge is 0.337 e. The van der Waals surface area contributed by atoms with Gasteiger partial charge >= 0.3 is 5.97 Å². The summed E-state index contributed by atoms with van der Waals surface area (Å²) in [6, 6.07) is 9.51. The summed E-state index contributed by atoms with van der Waals surface area (Å²) in [5.41, 5.74) is 0.445. The van der Waals surface area contributed by atoms with Crippen LogP contribution < -0.4 is 5.32 Å². The molecule has 0 aromatic heterocycles. The third-order valence-corrected chi connectivity index (χ3v) is 4.45. The summed E-state index contributed by atoms with van der Waals surface area (Å²) in [6.07, 6.45) is 0. The topological polar surface area (TPSA) is 66.4 Å². The first kappa shape index (κ1) is 16.0. The van der Waals surface area contributed by atoms with Crippen molar-refractivity contribution in [2.24, 2.45) is 0 Å². The lowest BCUT2D eigenvalue weighted by molar-refractivity contribution is 0.0698. The predicted molar refractivity (Wildman–Crippen MR) is 88.2 cm³/mol. The standard InChI is InChI=1S/C14H8Br2ClNO3/c15-7-4-5-11(9(6-7)14(20)21)18-13(19)8-2-1-3-10(16)12(8)17/h1-6H,(H,18,19)(H,20,21). The van der Waals surface area contributed by atoms with Crippen molar-refractivity contribution >= 4 is 61.0 Å². The highest BCUT2D eigenvalue weighted by molar-refractivity contribution is 9.10. The van der Waals surface area contributed by atoms with E-state index in [4.69, 9.17) is 16.7 Å². The minimum atomic E-state index is -1.13. The van der Waals surface area contributed by atoms with Gasteiger partial charge in [0.2, 0.25) is 0 Å². The number of amides is 1. The molecule has 2 aromatic carbocycles. The SMILES string of the molecule is O=C(O)c1cc(Br)ccc1NC(=O)c1cccc(Br)c1Cl. The average Bonchev–Trinajstić information content (AvgIpc) is 2.43. The van der Waals surface area contributed by atoms with Crippen molar-refractivity contribution < 1.29 is 14.7 Å². The van der Waals surface area contributed by atoms with Gasteiger partial charge < -0.3 is 10.4 Å². The summed E-state index contributed by atoms with van der Waals surface area (Å²) >= 11 is 12.5. The molecule has 0 radical (unpaired) electrons. The number of carboxylic acids is 1. The molecule has 108 valence electrons. The first-order valence-corrected chi connectivity index (χ1v) is 7.64. The van der Waals surface area contributed by atoms with Crippen molar-refractivity contribution in [2.45, 2.75) is 0 Å². The summed E-state index contributed by atoms with van der Waals surface area (Å²) in [4.78, 5) is 23.4. The number of nitrogens with one attached hydrogen (secondary N) is 1. The Morgan fingerprint density at radius 1 is 1.10 bits per heavy atom. The lowest BCUT2D eigenvalue weighted by atomic mass is 10.1. The average molecular weight is 433 g/mol. The molecule has 0 aliphatic heterocycles. The Balaban J connectivity index is 2.36. The molecule has 0 saturated heterocycles. The molecular weight excluding hydrogens is 425 g/mol. The van der Waals surface area contributed by atoms with Crippen molar-refractivity contribution in [1.29, 1.82) is 0 Å². The Hall–Kier alpha value is -1.37. The van der Waals surface area contributed by atoms with E-state index in [9.17, 15) is 9.59 Å². The molecule has 0 bridgehead atoms. The van der Waals surface area contributed by atoms with Gasteiger partial charge in [0, 0.05) is 8.95 Å². The molecule has 0 aliphatic rings. The Labute approximate surface area is 142 Å². The number of carboxylic acid groups (broad SMARTS) is 1. The lowest BCUT2D eigenvalue weighted by Crippen LogP contribution is -2.15. The highest BCUT2D eigenvalue weighted by Crippen LogP contribution is 2.27. The molecule has 0 unspecified atom stereocenters. The van der Waals surface area contributed by atoms with Crippen LogP contribution in [0.5, 0.6) is 0 Å². The van der Waals surface area contributed by atoms with Crippen LogP contribution in [0, 0.1) is 0 Å². The van der Waals surface area contributed by atoms with Crippen molar-refractivity contribution in [3.05, 3.63) is 61.5 Å². The summed E-state index contributed by atoms with van der Waals surface area (Å²) < 4.78 is 1.20. The quantitative estimate of drug-likeness (QED) is 0.730. The zero-order chi connectivity index (χ0) is 15.6. The summed E-state index contributed by atoms with van der Waals surface area (Å²) in [6.45, 7) is 0. The fourth-order valence-corrected chi connectivity index (χ4v) is 2.61. The van der Waals surface area contributed by atoms with Gasteiger partial charge in [-0.2, -0.15) is 0 Å². The minimum Gasteiger partial charge on any atom is -0.478 e. The zero-order valence-electron chi connectivity index (χ0n) is 10.4. The second-order valence-electron chi connectivity index (χ2n) is 4.05. The van der Waals surface area contributed by atoms with E-state index in [0.717, 1.165) is 0 Å². The Kier molecular flexibility index (Phi) is 5.03. The molecule has 2 rings (SSSR count). The maximum Gasteiger partial charge on any atom is 0.337 e. The van der Waals surface area contributed by atoms with E-state index < -0.39 is 11.9 Å². The van der Waals surface area contributed by atoms with Crippen LogP contribution in [0.1, 0.15) is 20.7 Å². The van der Waals surface area contributed by atoms with E-state index in [1.54, 1.807) is 24.3 Å². The van der Waals surface area contributed by atoms with E-state index >= 15 is 0 Å². The Bertz CT molecular complexity index is 734. The van der Waals surface area contributed by atoms with Gasteiger partial charge in [-0.3, -0.25) is 4.79 Å². The molecule has 0 saturated carbocycles. The van der Waals surface area contributed by atoms with Crippen LogP contribution in [0.15, 0.2) is 45.3 Å². The number of benzene rings is 2. The van der Waals surface area contributed by atoms with Gasteiger partial charge in [0.25, 0.3) is 5.91 Å². The fraction of sp³-hybridized carbons (Fsp3) is 0. The molecular formula is C14H8Br2ClNO3. The van der Waals surface area contributed by atoms with Gasteiger partial charge in [-0.1, -0.05) is 33.6 Å². The number of hydrogen-bond acceptors (Lipinski definition) is 2. The van der Waals surface area contributed by atoms with Gasteiger partial charge in [0.05, 0.1) is 21.8 Å². The summed E-state index contributed by atoms with van der Waals surface area (Å²) in [5, 5.41) is 12.0. The molecule has 4 nitrogen and oxygen atoms in total. The zero-order valence-corrected chi connectivity index (χ0v) is 14.3. The van der Waals surface area contributed by atoms with E-state index in [-0.39, 0.29) is 21.8 Å². The maximum absolute atomic E-state index is 12.2. The van der Waals surface area contributed by atoms with Crippen molar-refractivity contribution in [1.82, 2.24) is 0 Å². The number of halogens is 3. The van der Waals surface area contributed by atoms with Crippen LogP contribution in [-0.4, -0.2) is 17.0 Å². The van der Waals surface area contributed by atoms with Crippen LogP contribution in [0.3, 0.4) is 0 Å². The van der Waals surface area contributed by atoms with Crippen LogP contribution in [-0.2, 0) is 0 Å². The van der Waals surface area contributed by atoms with Gasteiger partial charge in [-0.25, -0.2) is 4.79 Å². The summed E-state index contributed by atoms with van der Waals surface area (Å²) in [5.74, 6) is -1.61.